The van der Waals surface area contributed by atoms with E-state index in [-0.39, 0.29) is 11.9 Å². The van der Waals surface area contributed by atoms with Gasteiger partial charge in [-0.2, -0.15) is 0 Å². The molecule has 0 bridgehead atoms. The van der Waals surface area contributed by atoms with Crippen LogP contribution in [0.15, 0.2) is 24.3 Å². The van der Waals surface area contributed by atoms with Gasteiger partial charge in [0.05, 0.1) is 12.6 Å². The molecule has 1 amide bonds. The van der Waals surface area contributed by atoms with E-state index in [2.05, 4.69) is 10.6 Å². The van der Waals surface area contributed by atoms with Gasteiger partial charge in [0.25, 0.3) is 0 Å². The second-order valence-corrected chi connectivity index (χ2v) is 5.06. The number of benzene rings is 1. The number of rotatable bonds is 6. The number of carbonyl (C=O) groups is 1. The Morgan fingerprint density at radius 1 is 1.39 bits per heavy atom. The molecule has 0 aliphatic heterocycles. The van der Waals surface area contributed by atoms with Crippen LogP contribution in [0.25, 0.3) is 0 Å². The van der Waals surface area contributed by atoms with Crippen molar-refractivity contribution in [1.29, 1.82) is 0 Å². The highest BCUT2D eigenvalue weighted by Gasteiger charge is 2.12. The highest BCUT2D eigenvalue weighted by atomic mass is 35.5. The van der Waals surface area contributed by atoms with E-state index in [0.29, 0.717) is 17.6 Å². The van der Waals surface area contributed by atoms with Crippen LogP contribution in [0, 0.1) is 0 Å². The van der Waals surface area contributed by atoms with E-state index in [1.54, 1.807) is 0 Å². The van der Waals surface area contributed by atoms with Crippen LogP contribution in [0.2, 0.25) is 5.02 Å². The van der Waals surface area contributed by atoms with Gasteiger partial charge in [0.15, 0.2) is 0 Å². The average Bonchev–Trinajstić information content (AvgIpc) is 2.33. The molecule has 1 aromatic carbocycles. The summed E-state index contributed by atoms with van der Waals surface area (Å²) in [5, 5.41) is 6.80. The second kappa shape index (κ2) is 7.39. The molecule has 0 radical (unpaired) electrons. The lowest BCUT2D eigenvalue weighted by Crippen LogP contribution is -2.38. The molecule has 0 aromatic heterocycles. The SMILES string of the molecule is CCC(NC(=O)CNC(C)C)c1cccc(Cl)c1. The summed E-state index contributed by atoms with van der Waals surface area (Å²) in [6.07, 6.45) is 0.841. The van der Waals surface area contributed by atoms with E-state index in [1.807, 2.05) is 45.0 Å². The zero-order valence-electron chi connectivity index (χ0n) is 11.2. The molecule has 1 atom stereocenters. The van der Waals surface area contributed by atoms with Gasteiger partial charge in [-0.15, -0.1) is 0 Å². The molecule has 0 aliphatic rings. The fraction of sp³-hybridized carbons (Fsp3) is 0.500. The Hall–Kier alpha value is -1.06. The number of halogens is 1. The first kappa shape index (κ1) is 15.0. The molecule has 0 heterocycles. The van der Waals surface area contributed by atoms with Crippen LogP contribution >= 0.6 is 11.6 Å². The first-order valence-corrected chi connectivity index (χ1v) is 6.69. The highest BCUT2D eigenvalue weighted by Crippen LogP contribution is 2.20. The summed E-state index contributed by atoms with van der Waals surface area (Å²) in [5.41, 5.74) is 1.04. The minimum absolute atomic E-state index is 0.00975. The molecule has 1 unspecified atom stereocenters. The maximum atomic E-state index is 11.8. The van der Waals surface area contributed by atoms with Crippen LogP contribution in [-0.4, -0.2) is 18.5 Å². The molecule has 1 rings (SSSR count). The Morgan fingerprint density at radius 2 is 2.11 bits per heavy atom. The van der Waals surface area contributed by atoms with Crippen molar-refractivity contribution in [2.24, 2.45) is 0 Å². The van der Waals surface area contributed by atoms with E-state index < -0.39 is 0 Å². The summed E-state index contributed by atoms with van der Waals surface area (Å²) >= 11 is 5.96. The molecule has 3 nitrogen and oxygen atoms in total. The van der Waals surface area contributed by atoms with E-state index in [0.717, 1.165) is 12.0 Å². The van der Waals surface area contributed by atoms with Crippen LogP contribution in [0.1, 0.15) is 38.8 Å². The van der Waals surface area contributed by atoms with Crippen LogP contribution in [-0.2, 0) is 4.79 Å². The lowest BCUT2D eigenvalue weighted by atomic mass is 10.0. The molecule has 100 valence electrons. The number of carbonyl (C=O) groups excluding carboxylic acids is 1. The number of nitrogens with one attached hydrogen (secondary N) is 2. The third-order valence-electron chi connectivity index (χ3n) is 2.67. The quantitative estimate of drug-likeness (QED) is 0.833. The molecule has 2 N–H and O–H groups in total. The lowest BCUT2D eigenvalue weighted by Gasteiger charge is -2.18. The first-order chi connectivity index (χ1) is 8.52. The summed E-state index contributed by atoms with van der Waals surface area (Å²) < 4.78 is 0. The van der Waals surface area contributed by atoms with Gasteiger partial charge in [-0.3, -0.25) is 4.79 Å². The smallest absolute Gasteiger partial charge is 0.234 e. The van der Waals surface area contributed by atoms with E-state index in [9.17, 15) is 4.79 Å². The monoisotopic (exact) mass is 268 g/mol. The number of hydrogen-bond acceptors (Lipinski definition) is 2. The van der Waals surface area contributed by atoms with E-state index in [1.165, 1.54) is 0 Å². The van der Waals surface area contributed by atoms with Gasteiger partial charge in [-0.05, 0) is 24.1 Å². The summed E-state index contributed by atoms with van der Waals surface area (Å²) in [4.78, 5) is 11.8. The van der Waals surface area contributed by atoms with Crippen LogP contribution in [0.3, 0.4) is 0 Å². The van der Waals surface area contributed by atoms with Crippen molar-refractivity contribution in [1.82, 2.24) is 10.6 Å². The van der Waals surface area contributed by atoms with Crippen molar-refractivity contribution in [3.8, 4) is 0 Å². The van der Waals surface area contributed by atoms with Crippen molar-refractivity contribution in [3.05, 3.63) is 34.9 Å². The van der Waals surface area contributed by atoms with Gasteiger partial charge < -0.3 is 10.6 Å². The predicted octanol–water partition coefficient (Wildman–Crippen LogP) is 2.91. The molecule has 18 heavy (non-hydrogen) atoms. The highest BCUT2D eigenvalue weighted by molar-refractivity contribution is 6.30. The van der Waals surface area contributed by atoms with Crippen LogP contribution < -0.4 is 10.6 Å². The average molecular weight is 269 g/mol. The minimum atomic E-state index is 0.00975. The lowest BCUT2D eigenvalue weighted by molar-refractivity contribution is -0.121. The van der Waals surface area contributed by atoms with Gasteiger partial charge in [-0.25, -0.2) is 0 Å². The van der Waals surface area contributed by atoms with Gasteiger partial charge in [0, 0.05) is 11.1 Å². The predicted molar refractivity (Wildman–Crippen MR) is 75.8 cm³/mol. The first-order valence-electron chi connectivity index (χ1n) is 6.31. The Bertz CT molecular complexity index is 393. The molecule has 0 saturated carbocycles. The topological polar surface area (TPSA) is 41.1 Å². The number of amides is 1. The standard InChI is InChI=1S/C14H21ClN2O/c1-4-13(11-6-5-7-12(15)8-11)17-14(18)9-16-10(2)3/h5-8,10,13,16H,4,9H2,1-3H3,(H,17,18). The third kappa shape index (κ3) is 5.07. The van der Waals surface area contributed by atoms with Crippen molar-refractivity contribution < 1.29 is 4.79 Å². The number of hydrogen-bond donors (Lipinski definition) is 2. The third-order valence-corrected chi connectivity index (χ3v) is 2.90. The Balaban J connectivity index is 2.59. The van der Waals surface area contributed by atoms with Gasteiger partial charge in [0.2, 0.25) is 5.91 Å². The minimum Gasteiger partial charge on any atom is -0.348 e. The van der Waals surface area contributed by atoms with Crippen LogP contribution in [0.4, 0.5) is 0 Å². The fourth-order valence-electron chi connectivity index (χ4n) is 1.69. The Labute approximate surface area is 114 Å². The summed E-state index contributed by atoms with van der Waals surface area (Å²) in [6.45, 7) is 6.42. The van der Waals surface area contributed by atoms with Crippen LogP contribution in [0.5, 0.6) is 0 Å². The summed E-state index contributed by atoms with van der Waals surface area (Å²) in [7, 11) is 0. The Kier molecular flexibility index (Phi) is 6.16. The summed E-state index contributed by atoms with van der Waals surface area (Å²) in [5.74, 6) is 0.00975. The largest absolute Gasteiger partial charge is 0.348 e. The molecule has 0 fully saturated rings. The summed E-state index contributed by atoms with van der Waals surface area (Å²) in [6, 6.07) is 7.94. The van der Waals surface area contributed by atoms with Crippen molar-refractivity contribution in [3.63, 3.8) is 0 Å². The van der Waals surface area contributed by atoms with Crippen molar-refractivity contribution >= 4 is 17.5 Å². The zero-order valence-corrected chi connectivity index (χ0v) is 11.9. The van der Waals surface area contributed by atoms with Crippen molar-refractivity contribution in [2.75, 3.05) is 6.54 Å². The fourth-order valence-corrected chi connectivity index (χ4v) is 1.89. The zero-order chi connectivity index (χ0) is 13.5. The van der Waals surface area contributed by atoms with E-state index in [4.69, 9.17) is 11.6 Å². The molecule has 1 aromatic rings. The molecule has 0 spiro atoms. The molecule has 4 heteroatoms. The van der Waals surface area contributed by atoms with E-state index >= 15 is 0 Å². The maximum Gasteiger partial charge on any atom is 0.234 e. The van der Waals surface area contributed by atoms with Gasteiger partial charge >= 0.3 is 0 Å². The maximum absolute atomic E-state index is 11.8. The van der Waals surface area contributed by atoms with Gasteiger partial charge in [-0.1, -0.05) is 44.5 Å². The normalized spacial score (nSPS) is 12.5. The second-order valence-electron chi connectivity index (χ2n) is 4.62. The van der Waals surface area contributed by atoms with Crippen molar-refractivity contribution in [2.45, 2.75) is 39.3 Å². The molecular weight excluding hydrogens is 248 g/mol. The van der Waals surface area contributed by atoms with Gasteiger partial charge in [0.1, 0.15) is 0 Å². The molecule has 0 saturated heterocycles. The molecular formula is C14H21ClN2O. The molecule has 0 aliphatic carbocycles. The Morgan fingerprint density at radius 3 is 2.67 bits per heavy atom.